The van der Waals surface area contributed by atoms with Crippen molar-refractivity contribution in [3.8, 4) is 0 Å². The summed E-state index contributed by atoms with van der Waals surface area (Å²) >= 11 is 0. The highest BCUT2D eigenvalue weighted by atomic mass is 16.2. The molecular formula is C17H25N3O2. The van der Waals surface area contributed by atoms with E-state index in [2.05, 4.69) is 36.7 Å². The monoisotopic (exact) mass is 303 g/mol. The molecule has 5 nitrogen and oxygen atoms in total. The van der Waals surface area contributed by atoms with Gasteiger partial charge in [-0.1, -0.05) is 33.6 Å². The van der Waals surface area contributed by atoms with E-state index in [-0.39, 0.29) is 23.8 Å². The fourth-order valence-corrected chi connectivity index (χ4v) is 2.48. The van der Waals surface area contributed by atoms with E-state index < -0.39 is 0 Å². The minimum absolute atomic E-state index is 0.0367. The van der Waals surface area contributed by atoms with E-state index in [1.807, 2.05) is 6.07 Å². The molecule has 2 atom stereocenters. The zero-order valence-electron chi connectivity index (χ0n) is 13.5. The number of nitrogens with one attached hydrogen (secondary N) is 3. The molecule has 0 saturated heterocycles. The summed E-state index contributed by atoms with van der Waals surface area (Å²) in [5.41, 5.74) is 2.11. The van der Waals surface area contributed by atoms with Gasteiger partial charge in [-0.05, 0) is 30.5 Å². The van der Waals surface area contributed by atoms with Crippen LogP contribution in [0.5, 0.6) is 0 Å². The highest BCUT2D eigenvalue weighted by Gasteiger charge is 2.29. The van der Waals surface area contributed by atoms with Crippen molar-refractivity contribution in [3.05, 3.63) is 23.8 Å². The van der Waals surface area contributed by atoms with Gasteiger partial charge in [-0.3, -0.25) is 9.59 Å². The van der Waals surface area contributed by atoms with Crippen LogP contribution in [-0.4, -0.2) is 24.4 Å². The van der Waals surface area contributed by atoms with Crippen LogP contribution in [0, 0.1) is 5.92 Å². The Kier molecular flexibility index (Phi) is 5.41. The Morgan fingerprint density at radius 3 is 2.77 bits per heavy atom. The minimum atomic E-state index is -0.221. The number of hydrogen-bond acceptors (Lipinski definition) is 3. The zero-order valence-corrected chi connectivity index (χ0v) is 13.5. The van der Waals surface area contributed by atoms with Gasteiger partial charge in [0.25, 0.3) is 5.91 Å². The Labute approximate surface area is 131 Å². The van der Waals surface area contributed by atoms with E-state index in [0.29, 0.717) is 17.8 Å². The summed E-state index contributed by atoms with van der Waals surface area (Å²) in [6, 6.07) is 5.16. The molecule has 1 aliphatic heterocycles. The maximum Gasteiger partial charge on any atom is 0.251 e. The highest BCUT2D eigenvalue weighted by molar-refractivity contribution is 6.05. The molecule has 0 radical (unpaired) electrons. The molecule has 0 aromatic heterocycles. The van der Waals surface area contributed by atoms with Gasteiger partial charge in [-0.25, -0.2) is 0 Å². The molecule has 5 heteroatoms. The number of anilines is 2. The number of rotatable bonds is 6. The van der Waals surface area contributed by atoms with Crippen LogP contribution in [0.25, 0.3) is 0 Å². The summed E-state index contributed by atoms with van der Waals surface area (Å²) in [6.07, 6.45) is 2.94. The molecule has 22 heavy (non-hydrogen) atoms. The van der Waals surface area contributed by atoms with E-state index in [0.717, 1.165) is 24.9 Å². The molecule has 0 bridgehead atoms. The second-order valence-electron chi connectivity index (χ2n) is 5.87. The van der Waals surface area contributed by atoms with Gasteiger partial charge in [0.15, 0.2) is 0 Å². The van der Waals surface area contributed by atoms with Crippen molar-refractivity contribution in [2.24, 2.45) is 5.92 Å². The molecule has 2 rings (SSSR count). The van der Waals surface area contributed by atoms with Crippen LogP contribution in [-0.2, 0) is 4.79 Å². The third-order valence-electron chi connectivity index (χ3n) is 4.16. The molecule has 3 N–H and O–H groups in total. The van der Waals surface area contributed by atoms with Crippen LogP contribution in [0.2, 0.25) is 0 Å². The molecule has 1 aromatic rings. The van der Waals surface area contributed by atoms with Crippen LogP contribution >= 0.6 is 0 Å². The summed E-state index contributed by atoms with van der Waals surface area (Å²) in [6.45, 7) is 6.88. The lowest BCUT2D eigenvalue weighted by Gasteiger charge is -2.30. The fraction of sp³-hybridized carbons (Fsp3) is 0.529. The second kappa shape index (κ2) is 7.29. The van der Waals surface area contributed by atoms with Crippen molar-refractivity contribution in [2.45, 2.75) is 46.1 Å². The van der Waals surface area contributed by atoms with Crippen LogP contribution in [0.15, 0.2) is 18.2 Å². The molecule has 1 aromatic carbocycles. The first kappa shape index (κ1) is 16.3. The molecule has 1 heterocycles. The first-order valence-corrected chi connectivity index (χ1v) is 8.06. The SMILES string of the molecule is CCCCNC(=O)c1ccc2c(c1)NC(=O)[C@@H]([C@@H](C)CC)N2. The first-order chi connectivity index (χ1) is 10.6. The Morgan fingerprint density at radius 2 is 2.09 bits per heavy atom. The van der Waals surface area contributed by atoms with E-state index in [1.54, 1.807) is 12.1 Å². The molecule has 120 valence electrons. The summed E-state index contributed by atoms with van der Waals surface area (Å²) < 4.78 is 0. The van der Waals surface area contributed by atoms with Gasteiger partial charge in [-0.15, -0.1) is 0 Å². The van der Waals surface area contributed by atoms with Gasteiger partial charge < -0.3 is 16.0 Å². The lowest BCUT2D eigenvalue weighted by Crippen LogP contribution is -2.43. The van der Waals surface area contributed by atoms with Crippen molar-refractivity contribution >= 4 is 23.2 Å². The average molecular weight is 303 g/mol. The third kappa shape index (κ3) is 3.59. The molecule has 0 spiro atoms. The lowest BCUT2D eigenvalue weighted by atomic mass is 9.95. The maximum atomic E-state index is 12.2. The molecule has 0 aliphatic carbocycles. The number of carbonyl (C=O) groups is 2. The molecule has 0 fully saturated rings. The molecular weight excluding hydrogens is 278 g/mol. The van der Waals surface area contributed by atoms with Crippen LogP contribution < -0.4 is 16.0 Å². The molecule has 1 aliphatic rings. The number of fused-ring (bicyclic) bond motifs is 1. The summed E-state index contributed by atoms with van der Waals surface area (Å²) in [4.78, 5) is 24.2. The van der Waals surface area contributed by atoms with Gasteiger partial charge >= 0.3 is 0 Å². The number of hydrogen-bond donors (Lipinski definition) is 3. The van der Waals surface area contributed by atoms with Crippen LogP contribution in [0.4, 0.5) is 11.4 Å². The van der Waals surface area contributed by atoms with Crippen molar-refractivity contribution in [3.63, 3.8) is 0 Å². The Bertz CT molecular complexity index is 557. The van der Waals surface area contributed by atoms with Gasteiger partial charge in [0.1, 0.15) is 6.04 Å². The Hall–Kier alpha value is -2.04. The van der Waals surface area contributed by atoms with Crippen LogP contribution in [0.3, 0.4) is 0 Å². The standard InChI is InChI=1S/C17H25N3O2/c1-4-6-9-18-16(21)12-7-8-13-14(10-12)20-17(22)15(19-13)11(3)5-2/h7-8,10-11,15,19H,4-6,9H2,1-3H3,(H,18,21)(H,20,22)/t11-,15+/m0/s1. The normalized spacial score (nSPS) is 18.0. The Balaban J connectivity index is 2.11. The van der Waals surface area contributed by atoms with E-state index >= 15 is 0 Å². The number of unbranched alkanes of at least 4 members (excludes halogenated alkanes) is 1. The van der Waals surface area contributed by atoms with E-state index in [9.17, 15) is 9.59 Å². The van der Waals surface area contributed by atoms with Crippen molar-refractivity contribution in [2.75, 3.05) is 17.2 Å². The van der Waals surface area contributed by atoms with Crippen LogP contribution in [0.1, 0.15) is 50.4 Å². The van der Waals surface area contributed by atoms with Crippen molar-refractivity contribution in [1.29, 1.82) is 0 Å². The average Bonchev–Trinajstić information content (AvgIpc) is 2.53. The first-order valence-electron chi connectivity index (χ1n) is 8.06. The molecule has 2 amide bonds. The lowest BCUT2D eigenvalue weighted by molar-refractivity contribution is -0.118. The van der Waals surface area contributed by atoms with Gasteiger partial charge in [0.2, 0.25) is 5.91 Å². The fourth-order valence-electron chi connectivity index (χ4n) is 2.48. The smallest absolute Gasteiger partial charge is 0.251 e. The second-order valence-corrected chi connectivity index (χ2v) is 5.87. The predicted molar refractivity (Wildman–Crippen MR) is 89.2 cm³/mol. The van der Waals surface area contributed by atoms with Gasteiger partial charge in [0.05, 0.1) is 11.4 Å². The largest absolute Gasteiger partial charge is 0.372 e. The van der Waals surface area contributed by atoms with Gasteiger partial charge in [-0.2, -0.15) is 0 Å². The topological polar surface area (TPSA) is 70.2 Å². The van der Waals surface area contributed by atoms with E-state index in [4.69, 9.17) is 0 Å². The zero-order chi connectivity index (χ0) is 16.1. The van der Waals surface area contributed by atoms with E-state index in [1.165, 1.54) is 0 Å². The quantitative estimate of drug-likeness (QED) is 0.708. The number of carbonyl (C=O) groups excluding carboxylic acids is 2. The highest BCUT2D eigenvalue weighted by Crippen LogP contribution is 2.30. The summed E-state index contributed by atoms with van der Waals surface area (Å²) in [5, 5.41) is 9.06. The number of benzene rings is 1. The predicted octanol–water partition coefficient (Wildman–Crippen LogP) is 3.00. The Morgan fingerprint density at radius 1 is 1.32 bits per heavy atom. The van der Waals surface area contributed by atoms with Crippen molar-refractivity contribution < 1.29 is 9.59 Å². The summed E-state index contributed by atoms with van der Waals surface area (Å²) in [5.74, 6) is 0.116. The molecule has 0 unspecified atom stereocenters. The maximum absolute atomic E-state index is 12.2. The number of amides is 2. The summed E-state index contributed by atoms with van der Waals surface area (Å²) in [7, 11) is 0. The molecule has 0 saturated carbocycles. The van der Waals surface area contributed by atoms with Gasteiger partial charge in [0, 0.05) is 12.1 Å². The minimum Gasteiger partial charge on any atom is -0.372 e. The van der Waals surface area contributed by atoms with Crippen molar-refractivity contribution in [1.82, 2.24) is 5.32 Å². The third-order valence-corrected chi connectivity index (χ3v) is 4.16.